The second kappa shape index (κ2) is 7.26. The summed E-state index contributed by atoms with van der Waals surface area (Å²) in [6, 6.07) is 13.5. The Morgan fingerprint density at radius 2 is 1.64 bits per heavy atom. The number of benzene rings is 2. The molecule has 2 aromatic carbocycles. The summed E-state index contributed by atoms with van der Waals surface area (Å²) in [6.45, 7) is 1.94. The van der Waals surface area contributed by atoms with Crippen molar-refractivity contribution in [3.05, 3.63) is 59.7 Å². The summed E-state index contributed by atoms with van der Waals surface area (Å²) in [7, 11) is 0. The molecule has 0 fully saturated rings. The van der Waals surface area contributed by atoms with Gasteiger partial charge in [0.15, 0.2) is 5.78 Å². The third-order valence-electron chi connectivity index (χ3n) is 2.98. The maximum absolute atomic E-state index is 12.2. The Balaban J connectivity index is 1.98. The molecule has 0 aromatic heterocycles. The van der Waals surface area contributed by atoms with E-state index in [1.165, 1.54) is 0 Å². The van der Waals surface area contributed by atoms with Crippen molar-refractivity contribution in [2.24, 2.45) is 0 Å². The topological polar surface area (TPSA) is 78.6 Å². The number of hydrogen-bond donors (Lipinski definition) is 1. The maximum Gasteiger partial charge on any atom is 0.513 e. The highest BCUT2D eigenvalue weighted by atomic mass is 16.7. The van der Waals surface area contributed by atoms with Crippen molar-refractivity contribution in [1.29, 1.82) is 0 Å². The van der Waals surface area contributed by atoms with Crippen molar-refractivity contribution >= 4 is 17.6 Å². The summed E-state index contributed by atoms with van der Waals surface area (Å²) in [6.07, 6.45) is -0.471. The van der Waals surface area contributed by atoms with Crippen molar-refractivity contribution in [3.8, 4) is 5.75 Å². The first-order valence-electron chi connectivity index (χ1n) is 6.90. The molecule has 0 spiro atoms. The van der Waals surface area contributed by atoms with Gasteiger partial charge in [0.2, 0.25) is 0 Å². The largest absolute Gasteiger partial charge is 0.513 e. The number of rotatable bonds is 5. The van der Waals surface area contributed by atoms with Gasteiger partial charge in [-0.2, -0.15) is 0 Å². The highest BCUT2D eigenvalue weighted by Crippen LogP contribution is 2.15. The van der Waals surface area contributed by atoms with Gasteiger partial charge in [-0.1, -0.05) is 12.1 Å². The van der Waals surface area contributed by atoms with Crippen LogP contribution in [0.2, 0.25) is 0 Å². The Kier molecular flexibility index (Phi) is 5.14. The van der Waals surface area contributed by atoms with E-state index in [1.807, 2.05) is 12.1 Å². The molecule has 0 radical (unpaired) electrons. The first-order valence-corrected chi connectivity index (χ1v) is 6.90. The minimum absolute atomic E-state index is 0.0209. The minimum atomic E-state index is -0.761. The van der Waals surface area contributed by atoms with E-state index in [0.717, 1.165) is 5.56 Å². The lowest BCUT2D eigenvalue weighted by molar-refractivity contribution is 0.0993. The molecule has 2 aromatic rings. The van der Waals surface area contributed by atoms with Crippen LogP contribution in [0.25, 0.3) is 0 Å². The molecule has 5 nitrogen and oxygen atoms in total. The highest BCUT2D eigenvalue weighted by Gasteiger charge is 2.09. The van der Waals surface area contributed by atoms with Gasteiger partial charge in [-0.05, 0) is 48.9 Å². The molecule has 22 heavy (non-hydrogen) atoms. The van der Waals surface area contributed by atoms with Crippen molar-refractivity contribution in [2.75, 3.05) is 12.3 Å². The van der Waals surface area contributed by atoms with E-state index >= 15 is 0 Å². The molecule has 114 valence electrons. The second-order valence-electron chi connectivity index (χ2n) is 4.65. The Labute approximate surface area is 128 Å². The summed E-state index contributed by atoms with van der Waals surface area (Å²) in [4.78, 5) is 23.3. The molecular weight excluding hydrogens is 282 g/mol. The van der Waals surface area contributed by atoms with Crippen LogP contribution < -0.4 is 10.5 Å². The molecule has 0 aliphatic heterocycles. The SMILES string of the molecule is CCOC(=O)Oc1ccc(C(=O)Cc2ccc(N)cc2)cc1. The highest BCUT2D eigenvalue weighted by molar-refractivity contribution is 5.97. The van der Waals surface area contributed by atoms with Crippen LogP contribution in [0.15, 0.2) is 48.5 Å². The van der Waals surface area contributed by atoms with Crippen LogP contribution in [-0.4, -0.2) is 18.5 Å². The molecule has 0 aliphatic carbocycles. The van der Waals surface area contributed by atoms with Gasteiger partial charge < -0.3 is 15.2 Å². The lowest BCUT2D eigenvalue weighted by Crippen LogP contribution is -2.10. The van der Waals surface area contributed by atoms with Gasteiger partial charge in [0.25, 0.3) is 0 Å². The van der Waals surface area contributed by atoms with E-state index in [1.54, 1.807) is 43.3 Å². The van der Waals surface area contributed by atoms with Crippen LogP contribution in [0.4, 0.5) is 10.5 Å². The molecule has 0 saturated carbocycles. The number of anilines is 1. The zero-order valence-corrected chi connectivity index (χ0v) is 12.2. The van der Waals surface area contributed by atoms with Gasteiger partial charge in [0.1, 0.15) is 5.75 Å². The Morgan fingerprint density at radius 3 is 2.23 bits per heavy atom. The first kappa shape index (κ1) is 15.6. The molecule has 0 unspecified atom stereocenters. The average Bonchev–Trinajstić information content (AvgIpc) is 2.50. The van der Waals surface area contributed by atoms with E-state index in [2.05, 4.69) is 4.74 Å². The van der Waals surface area contributed by atoms with Crippen LogP contribution in [0.3, 0.4) is 0 Å². The Morgan fingerprint density at radius 1 is 1.00 bits per heavy atom. The smallest absolute Gasteiger partial charge is 0.434 e. The molecule has 0 amide bonds. The normalized spacial score (nSPS) is 10.0. The Hall–Kier alpha value is -2.82. The average molecular weight is 299 g/mol. The molecule has 0 atom stereocenters. The standard InChI is InChI=1S/C17H17NO4/c1-2-21-17(20)22-15-9-5-13(6-10-15)16(19)11-12-3-7-14(18)8-4-12/h3-10H,2,11,18H2,1H3. The fourth-order valence-corrected chi connectivity index (χ4v) is 1.88. The fraction of sp³-hybridized carbons (Fsp3) is 0.176. The van der Waals surface area contributed by atoms with Crippen molar-refractivity contribution in [2.45, 2.75) is 13.3 Å². The van der Waals surface area contributed by atoms with Crippen LogP contribution in [0, 0.1) is 0 Å². The fourth-order valence-electron chi connectivity index (χ4n) is 1.88. The molecule has 0 heterocycles. The predicted molar refractivity (Wildman–Crippen MR) is 83.0 cm³/mol. The van der Waals surface area contributed by atoms with E-state index in [4.69, 9.17) is 10.5 Å². The summed E-state index contributed by atoms with van der Waals surface area (Å²) in [5, 5.41) is 0. The number of hydrogen-bond acceptors (Lipinski definition) is 5. The van der Waals surface area contributed by atoms with Crippen LogP contribution in [-0.2, 0) is 11.2 Å². The summed E-state index contributed by atoms with van der Waals surface area (Å²) in [5.41, 5.74) is 7.72. The minimum Gasteiger partial charge on any atom is -0.434 e. The summed E-state index contributed by atoms with van der Waals surface area (Å²) < 4.78 is 9.61. The third-order valence-corrected chi connectivity index (χ3v) is 2.98. The third kappa shape index (κ3) is 4.34. The number of nitrogens with two attached hydrogens (primary N) is 1. The number of carbonyl (C=O) groups is 2. The monoisotopic (exact) mass is 299 g/mol. The van der Waals surface area contributed by atoms with Gasteiger partial charge in [0, 0.05) is 17.7 Å². The molecule has 0 saturated heterocycles. The van der Waals surface area contributed by atoms with Crippen molar-refractivity contribution in [3.63, 3.8) is 0 Å². The van der Waals surface area contributed by atoms with Crippen LogP contribution >= 0.6 is 0 Å². The van der Waals surface area contributed by atoms with Gasteiger partial charge >= 0.3 is 6.16 Å². The van der Waals surface area contributed by atoms with E-state index < -0.39 is 6.16 Å². The van der Waals surface area contributed by atoms with Gasteiger partial charge in [0.05, 0.1) is 6.61 Å². The molecule has 0 aliphatic rings. The van der Waals surface area contributed by atoms with Gasteiger partial charge in [-0.15, -0.1) is 0 Å². The molecule has 2 N–H and O–H groups in total. The molecule has 2 rings (SSSR count). The lowest BCUT2D eigenvalue weighted by Gasteiger charge is -2.05. The summed E-state index contributed by atoms with van der Waals surface area (Å²) in [5.74, 6) is 0.315. The number of Topliss-reactive ketones (excluding diaryl/α,β-unsaturated/α-hetero) is 1. The van der Waals surface area contributed by atoms with E-state index in [0.29, 0.717) is 23.4 Å². The second-order valence-corrected chi connectivity index (χ2v) is 4.65. The predicted octanol–water partition coefficient (Wildman–Crippen LogP) is 3.23. The molecule has 5 heteroatoms. The maximum atomic E-state index is 12.2. The van der Waals surface area contributed by atoms with Gasteiger partial charge in [-0.3, -0.25) is 4.79 Å². The first-order chi connectivity index (χ1) is 10.6. The van der Waals surface area contributed by atoms with Crippen LogP contribution in [0.5, 0.6) is 5.75 Å². The quantitative estimate of drug-likeness (QED) is 0.397. The number of ether oxygens (including phenoxy) is 2. The van der Waals surface area contributed by atoms with E-state index in [9.17, 15) is 9.59 Å². The van der Waals surface area contributed by atoms with Crippen molar-refractivity contribution < 1.29 is 19.1 Å². The zero-order valence-electron chi connectivity index (χ0n) is 12.2. The Bertz CT molecular complexity index is 647. The zero-order chi connectivity index (χ0) is 15.9. The number of ketones is 1. The molecule has 0 bridgehead atoms. The number of carbonyl (C=O) groups excluding carboxylic acids is 2. The van der Waals surface area contributed by atoms with Gasteiger partial charge in [-0.25, -0.2) is 4.79 Å². The summed E-state index contributed by atoms with van der Waals surface area (Å²) >= 11 is 0. The van der Waals surface area contributed by atoms with Crippen molar-refractivity contribution in [1.82, 2.24) is 0 Å². The lowest BCUT2D eigenvalue weighted by atomic mass is 10.0. The number of nitrogen functional groups attached to an aromatic ring is 1. The molecular formula is C17H17NO4. The van der Waals surface area contributed by atoms with E-state index in [-0.39, 0.29) is 12.4 Å². The van der Waals surface area contributed by atoms with Crippen LogP contribution in [0.1, 0.15) is 22.8 Å².